The van der Waals surface area contributed by atoms with Gasteiger partial charge in [0.25, 0.3) is 0 Å². The monoisotopic (exact) mass is 454 g/mol. The average molecular weight is 455 g/mol. The van der Waals surface area contributed by atoms with Gasteiger partial charge in [-0.1, -0.05) is 41.4 Å². The molecule has 1 aliphatic rings. The standard InChI is InChI=1S/C22H16Cl2N4OS/c23-13-6-7-19(29)15(10-13)17-11-18(26-25-17)16-12-28(14-4-2-1-3-5-14)27-22(16)20-8-9-21(24)30-20/h1-10,12,18,26,29H,11H2. The van der Waals surface area contributed by atoms with E-state index in [9.17, 15) is 5.11 Å². The first-order valence-electron chi connectivity index (χ1n) is 9.30. The van der Waals surface area contributed by atoms with Crippen molar-refractivity contribution in [2.75, 3.05) is 0 Å². The molecule has 1 unspecified atom stereocenters. The highest BCUT2D eigenvalue weighted by atomic mass is 35.5. The van der Waals surface area contributed by atoms with Gasteiger partial charge in [-0.15, -0.1) is 11.3 Å². The summed E-state index contributed by atoms with van der Waals surface area (Å²) in [6.45, 7) is 0. The van der Waals surface area contributed by atoms with E-state index >= 15 is 0 Å². The number of hydrazone groups is 1. The Morgan fingerprint density at radius 1 is 1.07 bits per heavy atom. The molecule has 0 saturated heterocycles. The van der Waals surface area contributed by atoms with E-state index in [1.807, 2.05) is 53.3 Å². The minimum absolute atomic E-state index is 0.0910. The van der Waals surface area contributed by atoms with Crippen LogP contribution in [0, 0.1) is 0 Å². The molecule has 2 aromatic carbocycles. The van der Waals surface area contributed by atoms with Gasteiger partial charge >= 0.3 is 0 Å². The lowest BCUT2D eigenvalue weighted by molar-refractivity contribution is 0.474. The van der Waals surface area contributed by atoms with Crippen molar-refractivity contribution < 1.29 is 5.11 Å². The fraction of sp³-hybridized carbons (Fsp3) is 0.0909. The van der Waals surface area contributed by atoms with Crippen molar-refractivity contribution in [1.29, 1.82) is 0 Å². The molecule has 4 aromatic rings. The molecule has 30 heavy (non-hydrogen) atoms. The van der Waals surface area contributed by atoms with Crippen LogP contribution in [0.15, 0.2) is 72.0 Å². The predicted octanol–water partition coefficient (Wildman–Crippen LogP) is 6.05. The number of phenolic OH excluding ortho intramolecular Hbond substituents is 1. The molecule has 2 N–H and O–H groups in total. The van der Waals surface area contributed by atoms with E-state index in [1.54, 1.807) is 18.2 Å². The second-order valence-corrected chi connectivity index (χ2v) is 9.07. The van der Waals surface area contributed by atoms with Crippen LogP contribution in [-0.4, -0.2) is 20.6 Å². The number of aromatic hydroxyl groups is 1. The van der Waals surface area contributed by atoms with Gasteiger partial charge in [0, 0.05) is 28.8 Å². The van der Waals surface area contributed by atoms with Crippen molar-refractivity contribution >= 4 is 40.3 Å². The average Bonchev–Trinajstić information content (AvgIpc) is 3.49. The van der Waals surface area contributed by atoms with E-state index in [4.69, 9.17) is 28.3 Å². The Balaban J connectivity index is 1.52. The van der Waals surface area contributed by atoms with E-state index in [0.29, 0.717) is 21.3 Å². The molecule has 5 nitrogen and oxygen atoms in total. The smallest absolute Gasteiger partial charge is 0.124 e. The Morgan fingerprint density at radius 3 is 2.67 bits per heavy atom. The van der Waals surface area contributed by atoms with Crippen LogP contribution < -0.4 is 5.43 Å². The Hall–Kier alpha value is -2.80. The Bertz CT molecular complexity index is 1250. The summed E-state index contributed by atoms with van der Waals surface area (Å²) in [4.78, 5) is 0.991. The lowest BCUT2D eigenvalue weighted by Gasteiger charge is -2.09. The van der Waals surface area contributed by atoms with Gasteiger partial charge in [-0.05, 0) is 42.5 Å². The highest BCUT2D eigenvalue weighted by Crippen LogP contribution is 2.38. The van der Waals surface area contributed by atoms with Crippen LogP contribution in [0.4, 0.5) is 0 Å². The first-order valence-corrected chi connectivity index (χ1v) is 10.9. The van der Waals surface area contributed by atoms with Gasteiger partial charge in [0.15, 0.2) is 0 Å². The molecule has 0 spiro atoms. The lowest BCUT2D eigenvalue weighted by Crippen LogP contribution is -2.10. The van der Waals surface area contributed by atoms with Crippen molar-refractivity contribution in [1.82, 2.24) is 15.2 Å². The maximum absolute atomic E-state index is 10.2. The van der Waals surface area contributed by atoms with Crippen LogP contribution in [0.25, 0.3) is 16.3 Å². The number of phenols is 1. The number of hydrogen-bond donors (Lipinski definition) is 2. The van der Waals surface area contributed by atoms with Gasteiger partial charge in [-0.3, -0.25) is 0 Å². The summed E-state index contributed by atoms with van der Waals surface area (Å²) in [6, 6.07) is 18.7. The van der Waals surface area contributed by atoms with Gasteiger partial charge in [-0.2, -0.15) is 10.2 Å². The Labute approximate surface area is 187 Å². The second kappa shape index (κ2) is 7.80. The molecular formula is C22H16Cl2N4OS. The molecule has 8 heteroatoms. The summed E-state index contributed by atoms with van der Waals surface area (Å²) in [5, 5.41) is 20.1. The summed E-state index contributed by atoms with van der Waals surface area (Å²) < 4.78 is 2.58. The fourth-order valence-electron chi connectivity index (χ4n) is 3.52. The van der Waals surface area contributed by atoms with Crippen molar-refractivity contribution in [3.8, 4) is 22.0 Å². The van der Waals surface area contributed by atoms with E-state index < -0.39 is 0 Å². The van der Waals surface area contributed by atoms with Gasteiger partial charge in [0.1, 0.15) is 11.4 Å². The molecular weight excluding hydrogens is 439 g/mol. The van der Waals surface area contributed by atoms with Crippen LogP contribution in [0.2, 0.25) is 9.36 Å². The van der Waals surface area contributed by atoms with Gasteiger partial charge < -0.3 is 10.5 Å². The van der Waals surface area contributed by atoms with Gasteiger partial charge in [0.2, 0.25) is 0 Å². The van der Waals surface area contributed by atoms with Crippen LogP contribution >= 0.6 is 34.5 Å². The molecule has 1 atom stereocenters. The zero-order valence-electron chi connectivity index (χ0n) is 15.6. The molecule has 0 fully saturated rings. The van der Waals surface area contributed by atoms with Gasteiger partial charge in [0.05, 0.1) is 26.7 Å². The number of rotatable bonds is 4. The summed E-state index contributed by atoms with van der Waals surface area (Å²) in [5.74, 6) is 0.158. The van der Waals surface area contributed by atoms with Crippen molar-refractivity contribution in [3.05, 3.63) is 87.3 Å². The number of para-hydroxylation sites is 1. The summed E-state index contributed by atoms with van der Waals surface area (Å²) in [5.41, 5.74) is 7.43. The van der Waals surface area contributed by atoms with Crippen LogP contribution in [0.5, 0.6) is 5.75 Å². The van der Waals surface area contributed by atoms with Crippen molar-refractivity contribution in [3.63, 3.8) is 0 Å². The van der Waals surface area contributed by atoms with Crippen LogP contribution in [-0.2, 0) is 0 Å². The molecule has 150 valence electrons. The molecule has 5 rings (SSSR count). The third-order valence-electron chi connectivity index (χ3n) is 4.97. The largest absolute Gasteiger partial charge is 0.507 e. The third kappa shape index (κ3) is 3.58. The first kappa shape index (κ1) is 19.2. The van der Waals surface area contributed by atoms with Crippen molar-refractivity contribution in [2.45, 2.75) is 12.5 Å². The quantitative estimate of drug-likeness (QED) is 0.394. The Kier molecular flexibility index (Phi) is 4.98. The van der Waals surface area contributed by atoms with E-state index in [2.05, 4.69) is 10.5 Å². The zero-order valence-corrected chi connectivity index (χ0v) is 17.9. The zero-order chi connectivity index (χ0) is 20.7. The summed E-state index contributed by atoms with van der Waals surface area (Å²) >= 11 is 13.8. The molecule has 0 saturated carbocycles. The maximum atomic E-state index is 10.2. The predicted molar refractivity (Wildman–Crippen MR) is 122 cm³/mol. The molecule has 2 aromatic heterocycles. The highest BCUT2D eigenvalue weighted by molar-refractivity contribution is 7.19. The molecule has 0 radical (unpaired) electrons. The Morgan fingerprint density at radius 2 is 1.90 bits per heavy atom. The molecule has 0 aliphatic carbocycles. The summed E-state index contributed by atoms with van der Waals surface area (Å²) in [6.07, 6.45) is 2.62. The topological polar surface area (TPSA) is 62.4 Å². The van der Waals surface area contributed by atoms with E-state index in [0.717, 1.165) is 27.5 Å². The SMILES string of the molecule is Oc1ccc(Cl)cc1C1=NNC(c2cn(-c3ccccc3)nc2-c2ccc(Cl)s2)C1. The third-order valence-corrected chi connectivity index (χ3v) is 6.44. The minimum Gasteiger partial charge on any atom is -0.507 e. The van der Waals surface area contributed by atoms with E-state index in [1.165, 1.54) is 11.3 Å². The number of nitrogens with zero attached hydrogens (tertiary/aromatic N) is 3. The minimum atomic E-state index is -0.0910. The van der Waals surface area contributed by atoms with E-state index in [-0.39, 0.29) is 11.8 Å². The van der Waals surface area contributed by atoms with Crippen molar-refractivity contribution in [2.24, 2.45) is 5.10 Å². The number of hydrogen-bond acceptors (Lipinski definition) is 5. The molecule has 0 amide bonds. The lowest BCUT2D eigenvalue weighted by atomic mass is 9.98. The second-order valence-electron chi connectivity index (χ2n) is 6.92. The number of halogens is 2. The number of aromatic nitrogens is 2. The summed E-state index contributed by atoms with van der Waals surface area (Å²) in [7, 11) is 0. The maximum Gasteiger partial charge on any atom is 0.124 e. The van der Waals surface area contributed by atoms with Gasteiger partial charge in [-0.25, -0.2) is 4.68 Å². The molecule has 0 bridgehead atoms. The number of nitrogens with one attached hydrogen (secondary N) is 1. The first-order chi connectivity index (χ1) is 14.6. The van der Waals surface area contributed by atoms with Crippen LogP contribution in [0.3, 0.4) is 0 Å². The molecule has 1 aliphatic heterocycles. The van der Waals surface area contributed by atoms with Crippen LogP contribution in [0.1, 0.15) is 23.6 Å². The highest BCUT2D eigenvalue weighted by Gasteiger charge is 2.28. The molecule has 3 heterocycles. The normalized spacial score (nSPS) is 15.8. The number of benzene rings is 2. The number of thiophene rings is 1. The fourth-order valence-corrected chi connectivity index (χ4v) is 4.74.